The Morgan fingerprint density at radius 3 is 1.69 bits per heavy atom. The van der Waals surface area contributed by atoms with Crippen LogP contribution >= 0.6 is 11.8 Å². The molecule has 1 heterocycles. The maximum atomic E-state index is 12.5. The molecule has 3 aromatic rings. The minimum atomic E-state index is -0.666. The van der Waals surface area contributed by atoms with Crippen LogP contribution < -0.4 is 10.6 Å². The minimum Gasteiger partial charge on any atom is -0.341 e. The Hall–Kier alpha value is -3.00. The van der Waals surface area contributed by atoms with Crippen molar-refractivity contribution in [2.24, 2.45) is 0 Å². The molecule has 4 heteroatoms. The summed E-state index contributed by atoms with van der Waals surface area (Å²) in [5.41, 5.74) is 2.58. The first kappa shape index (κ1) is 19.3. The van der Waals surface area contributed by atoms with Gasteiger partial charge in [0.15, 0.2) is 0 Å². The van der Waals surface area contributed by atoms with Crippen LogP contribution in [-0.2, 0) is 10.3 Å². The van der Waals surface area contributed by atoms with E-state index >= 15 is 0 Å². The SMILES string of the molecule is C#CCSC1NC(=O)C1NC(c1ccccc1)(c1ccccc1)c1ccccc1. The largest absolute Gasteiger partial charge is 0.341 e. The molecule has 0 spiro atoms. The molecule has 1 amide bonds. The Balaban J connectivity index is 1.87. The molecule has 1 aliphatic rings. The van der Waals surface area contributed by atoms with E-state index in [1.54, 1.807) is 11.8 Å². The summed E-state index contributed by atoms with van der Waals surface area (Å²) in [4.78, 5) is 12.5. The summed E-state index contributed by atoms with van der Waals surface area (Å²) in [6, 6.07) is 30.5. The van der Waals surface area contributed by atoms with Gasteiger partial charge < -0.3 is 5.32 Å². The monoisotopic (exact) mass is 398 g/mol. The number of terminal acetylenes is 1. The van der Waals surface area contributed by atoms with Gasteiger partial charge in [-0.1, -0.05) is 96.9 Å². The second kappa shape index (κ2) is 8.57. The highest BCUT2D eigenvalue weighted by Gasteiger charge is 2.47. The van der Waals surface area contributed by atoms with Crippen molar-refractivity contribution in [2.75, 3.05) is 5.75 Å². The second-order valence-corrected chi connectivity index (χ2v) is 8.04. The quantitative estimate of drug-likeness (QED) is 0.362. The van der Waals surface area contributed by atoms with Gasteiger partial charge in [-0.05, 0) is 16.7 Å². The summed E-state index contributed by atoms with van der Waals surface area (Å²) in [6.07, 6.45) is 5.43. The zero-order valence-electron chi connectivity index (χ0n) is 15.9. The number of hydrogen-bond donors (Lipinski definition) is 2. The van der Waals surface area contributed by atoms with Crippen molar-refractivity contribution >= 4 is 17.7 Å². The van der Waals surface area contributed by atoms with E-state index in [2.05, 4.69) is 53.0 Å². The molecule has 0 saturated carbocycles. The van der Waals surface area contributed by atoms with Gasteiger partial charge >= 0.3 is 0 Å². The van der Waals surface area contributed by atoms with E-state index in [0.717, 1.165) is 16.7 Å². The summed E-state index contributed by atoms with van der Waals surface area (Å²) >= 11 is 1.57. The minimum absolute atomic E-state index is 0.00769. The number of carbonyl (C=O) groups is 1. The van der Waals surface area contributed by atoms with Crippen LogP contribution in [-0.4, -0.2) is 23.1 Å². The van der Waals surface area contributed by atoms with Gasteiger partial charge in [0.1, 0.15) is 11.4 Å². The second-order valence-electron chi connectivity index (χ2n) is 6.91. The maximum Gasteiger partial charge on any atom is 0.241 e. The van der Waals surface area contributed by atoms with Gasteiger partial charge in [-0.15, -0.1) is 18.2 Å². The lowest BCUT2D eigenvalue weighted by atomic mass is 9.76. The Labute approximate surface area is 175 Å². The van der Waals surface area contributed by atoms with Crippen LogP contribution in [0.3, 0.4) is 0 Å². The number of thioether (sulfide) groups is 1. The molecule has 0 aliphatic carbocycles. The molecular formula is C25H22N2OS. The average molecular weight is 399 g/mol. The van der Waals surface area contributed by atoms with Crippen LogP contribution in [0.15, 0.2) is 91.0 Å². The first-order valence-corrected chi connectivity index (χ1v) is 10.6. The van der Waals surface area contributed by atoms with Crippen LogP contribution in [0.2, 0.25) is 0 Å². The molecule has 1 aliphatic heterocycles. The lowest BCUT2D eigenvalue weighted by Gasteiger charge is -2.45. The molecular weight excluding hydrogens is 376 g/mol. The van der Waals surface area contributed by atoms with E-state index in [9.17, 15) is 4.79 Å². The molecule has 4 rings (SSSR count). The molecule has 1 saturated heterocycles. The Morgan fingerprint density at radius 2 is 1.31 bits per heavy atom. The third kappa shape index (κ3) is 3.67. The van der Waals surface area contributed by atoms with Crippen LogP contribution in [0.4, 0.5) is 0 Å². The maximum absolute atomic E-state index is 12.5. The fraction of sp³-hybridized carbons (Fsp3) is 0.160. The smallest absolute Gasteiger partial charge is 0.241 e. The van der Waals surface area contributed by atoms with Crippen molar-refractivity contribution < 1.29 is 4.79 Å². The van der Waals surface area contributed by atoms with Gasteiger partial charge in [-0.2, -0.15) is 0 Å². The Morgan fingerprint density at radius 1 is 0.862 bits per heavy atom. The van der Waals surface area contributed by atoms with E-state index in [1.165, 1.54) is 0 Å². The van der Waals surface area contributed by atoms with E-state index in [4.69, 9.17) is 6.42 Å². The summed E-state index contributed by atoms with van der Waals surface area (Å²) < 4.78 is 0. The molecule has 1 fully saturated rings. The first-order chi connectivity index (χ1) is 14.3. The lowest BCUT2D eigenvalue weighted by Crippen LogP contribution is -2.70. The number of benzene rings is 3. The van der Waals surface area contributed by atoms with Gasteiger partial charge in [-0.3, -0.25) is 10.1 Å². The van der Waals surface area contributed by atoms with E-state index < -0.39 is 5.54 Å². The summed E-state index contributed by atoms with van der Waals surface area (Å²) in [6.45, 7) is 0. The van der Waals surface area contributed by atoms with Crippen LogP contribution in [0, 0.1) is 12.3 Å². The number of β-lactam (4-membered cyclic amide) rings is 1. The molecule has 0 radical (unpaired) electrons. The molecule has 2 N–H and O–H groups in total. The Bertz CT molecular complexity index is 903. The van der Waals surface area contributed by atoms with Gasteiger partial charge in [0.05, 0.1) is 11.3 Å². The molecule has 3 nitrogen and oxygen atoms in total. The van der Waals surface area contributed by atoms with Gasteiger partial charge in [-0.25, -0.2) is 0 Å². The molecule has 2 unspecified atom stereocenters. The zero-order chi connectivity index (χ0) is 20.1. The fourth-order valence-corrected chi connectivity index (χ4v) is 4.68. The van der Waals surface area contributed by atoms with Gasteiger partial charge in [0.2, 0.25) is 5.91 Å². The molecule has 0 aromatic heterocycles. The standard InChI is InChI=1S/C25H22N2OS/c1-2-18-29-24-22(23(28)26-24)27-25(19-12-6-3-7-13-19,20-14-8-4-9-15-20)21-16-10-5-11-17-21/h1,3-17,22,24,27H,18H2,(H,26,28). The molecule has 144 valence electrons. The van der Waals surface area contributed by atoms with Crippen LogP contribution in [0.1, 0.15) is 16.7 Å². The third-order valence-corrected chi connectivity index (χ3v) is 6.29. The number of rotatable bonds is 7. The predicted octanol–water partition coefficient (Wildman–Crippen LogP) is 3.76. The number of amides is 1. The number of nitrogens with one attached hydrogen (secondary N) is 2. The van der Waals surface area contributed by atoms with Crippen molar-refractivity contribution in [1.82, 2.24) is 10.6 Å². The predicted molar refractivity (Wildman–Crippen MR) is 119 cm³/mol. The Kier molecular flexibility index (Phi) is 5.71. The third-order valence-electron chi connectivity index (χ3n) is 5.21. The average Bonchev–Trinajstić information content (AvgIpc) is 2.79. The number of hydrogen-bond acceptors (Lipinski definition) is 3. The van der Waals surface area contributed by atoms with Crippen molar-refractivity contribution in [3.05, 3.63) is 108 Å². The summed E-state index contributed by atoms with van der Waals surface area (Å²) in [5, 5.41) is 6.63. The highest BCUT2D eigenvalue weighted by Crippen LogP contribution is 2.38. The summed E-state index contributed by atoms with van der Waals surface area (Å²) in [5.74, 6) is 3.19. The molecule has 3 aromatic carbocycles. The lowest BCUT2D eigenvalue weighted by molar-refractivity contribution is -0.129. The highest BCUT2D eigenvalue weighted by molar-refractivity contribution is 8.00. The van der Waals surface area contributed by atoms with Gasteiger partial charge in [0, 0.05) is 0 Å². The van der Waals surface area contributed by atoms with E-state index in [-0.39, 0.29) is 17.3 Å². The zero-order valence-corrected chi connectivity index (χ0v) is 16.7. The van der Waals surface area contributed by atoms with E-state index in [1.807, 2.05) is 54.6 Å². The van der Waals surface area contributed by atoms with Gasteiger partial charge in [0.25, 0.3) is 0 Å². The van der Waals surface area contributed by atoms with Crippen molar-refractivity contribution in [1.29, 1.82) is 0 Å². The van der Waals surface area contributed by atoms with Crippen molar-refractivity contribution in [3.63, 3.8) is 0 Å². The van der Waals surface area contributed by atoms with Crippen molar-refractivity contribution in [3.8, 4) is 12.3 Å². The molecule has 2 atom stereocenters. The fourth-order valence-electron chi connectivity index (χ4n) is 3.82. The summed E-state index contributed by atoms with van der Waals surface area (Å²) in [7, 11) is 0. The highest BCUT2D eigenvalue weighted by atomic mass is 32.2. The topological polar surface area (TPSA) is 41.1 Å². The van der Waals surface area contributed by atoms with Crippen LogP contribution in [0.5, 0.6) is 0 Å². The normalized spacial score (nSPS) is 18.4. The van der Waals surface area contributed by atoms with Crippen LogP contribution in [0.25, 0.3) is 0 Å². The molecule has 29 heavy (non-hydrogen) atoms. The van der Waals surface area contributed by atoms with E-state index in [0.29, 0.717) is 5.75 Å². The van der Waals surface area contributed by atoms with Crippen molar-refractivity contribution in [2.45, 2.75) is 17.0 Å². The first-order valence-electron chi connectivity index (χ1n) is 9.55. The molecule has 0 bridgehead atoms. The number of carbonyl (C=O) groups excluding carboxylic acids is 1.